The molecular weight excluding hydrogens is 301 g/mol. The van der Waals surface area contributed by atoms with Crippen LogP contribution in [0.25, 0.3) is 0 Å². The molecule has 0 fully saturated rings. The summed E-state index contributed by atoms with van der Waals surface area (Å²) in [6.45, 7) is 6.49. The molecule has 1 aromatic heterocycles. The fraction of sp³-hybridized carbons (Fsp3) is 0.312. The van der Waals surface area contributed by atoms with Crippen LogP contribution < -0.4 is 16.6 Å². The van der Waals surface area contributed by atoms with Gasteiger partial charge in [-0.05, 0) is 24.6 Å². The molecule has 0 aliphatic carbocycles. The number of aromatic nitrogens is 1. The zero-order valence-corrected chi connectivity index (χ0v) is 13.8. The van der Waals surface area contributed by atoms with Gasteiger partial charge < -0.3 is 15.6 Å². The average molecular weight is 321 g/mol. The first-order valence-corrected chi connectivity index (χ1v) is 8.24. The predicted octanol–water partition coefficient (Wildman–Crippen LogP) is 3.75. The van der Waals surface area contributed by atoms with Crippen molar-refractivity contribution in [1.82, 2.24) is 4.57 Å². The summed E-state index contributed by atoms with van der Waals surface area (Å²) in [5.41, 5.74) is 8.05. The number of aryl methyl sites for hydroxylation is 1. The number of nitrogen functional groups attached to an aromatic ring is 1. The molecule has 0 bridgehead atoms. The average Bonchev–Trinajstić information content (AvgIpc) is 2.99. The highest BCUT2D eigenvalue weighted by Crippen LogP contribution is 2.35. The van der Waals surface area contributed by atoms with Crippen LogP contribution >= 0.6 is 11.8 Å². The second-order valence-electron chi connectivity index (χ2n) is 4.72. The van der Waals surface area contributed by atoms with Crippen molar-refractivity contribution >= 4 is 28.8 Å². The number of anilines is 3. The fourth-order valence-electron chi connectivity index (χ4n) is 2.21. The summed E-state index contributed by atoms with van der Waals surface area (Å²) in [7, 11) is 0. The maximum atomic E-state index is 13.9. The minimum Gasteiger partial charge on any atom is -0.395 e. The van der Waals surface area contributed by atoms with Gasteiger partial charge in [-0.15, -0.1) is 11.8 Å². The molecule has 0 unspecified atom stereocenters. The van der Waals surface area contributed by atoms with Gasteiger partial charge in [0.1, 0.15) is 10.8 Å². The Morgan fingerprint density at radius 1 is 1.27 bits per heavy atom. The Bertz CT molecular complexity index is 743. The Labute approximate surface area is 133 Å². The third kappa shape index (κ3) is 3.11. The fourth-order valence-corrected chi connectivity index (χ4v) is 3.28. The molecule has 3 N–H and O–H groups in total. The minimum atomic E-state index is -0.363. The number of rotatable bonds is 2. The molecule has 0 atom stereocenters. The van der Waals surface area contributed by atoms with Crippen LogP contribution in [0.1, 0.15) is 19.4 Å². The van der Waals surface area contributed by atoms with Gasteiger partial charge in [-0.25, -0.2) is 4.39 Å². The number of pyridine rings is 1. The summed E-state index contributed by atoms with van der Waals surface area (Å²) in [6.07, 6.45) is 0. The Morgan fingerprint density at radius 3 is 2.68 bits per heavy atom. The number of benzene rings is 1. The van der Waals surface area contributed by atoms with Gasteiger partial charge >= 0.3 is 0 Å². The molecule has 2 aromatic rings. The van der Waals surface area contributed by atoms with E-state index in [1.165, 1.54) is 12.1 Å². The number of nitrogens with two attached hydrogens (primary N) is 1. The van der Waals surface area contributed by atoms with Crippen LogP contribution in [-0.2, 0) is 6.54 Å². The van der Waals surface area contributed by atoms with Gasteiger partial charge in [0.05, 0.1) is 17.1 Å². The molecule has 3 rings (SSSR count). The first-order chi connectivity index (χ1) is 10.6. The summed E-state index contributed by atoms with van der Waals surface area (Å²) >= 11 is 1.54. The van der Waals surface area contributed by atoms with Crippen molar-refractivity contribution in [3.05, 3.63) is 46.0 Å². The van der Waals surface area contributed by atoms with E-state index >= 15 is 0 Å². The van der Waals surface area contributed by atoms with Gasteiger partial charge in [-0.2, -0.15) is 0 Å². The molecule has 4 nitrogen and oxygen atoms in total. The number of hydrogen-bond donors (Lipinski definition) is 2. The Hall–Kier alpha value is -1.95. The highest BCUT2D eigenvalue weighted by Gasteiger charge is 2.19. The summed E-state index contributed by atoms with van der Waals surface area (Å²) in [5.74, 6) is 0.472. The van der Waals surface area contributed by atoms with Gasteiger partial charge in [-0.1, -0.05) is 19.9 Å². The van der Waals surface area contributed by atoms with Gasteiger partial charge in [0.25, 0.3) is 5.56 Å². The number of halogens is 1. The Kier molecular flexibility index (Phi) is 5.13. The van der Waals surface area contributed by atoms with E-state index in [9.17, 15) is 9.18 Å². The molecule has 1 aliphatic rings. The van der Waals surface area contributed by atoms with Crippen LogP contribution in [0, 0.1) is 12.7 Å². The normalized spacial score (nSPS) is 12.4. The summed E-state index contributed by atoms with van der Waals surface area (Å²) in [6, 6.07) is 6.30. The van der Waals surface area contributed by atoms with Gasteiger partial charge in [0, 0.05) is 18.4 Å². The smallest absolute Gasteiger partial charge is 0.253 e. The SMILES string of the molecule is CC.Cc1ccc(Nc2cc(=O)n3c(c2N)SCC3)c(F)c1. The van der Waals surface area contributed by atoms with E-state index < -0.39 is 0 Å². The van der Waals surface area contributed by atoms with Crippen molar-refractivity contribution in [3.63, 3.8) is 0 Å². The number of thioether (sulfide) groups is 1. The van der Waals surface area contributed by atoms with Crippen LogP contribution in [0.15, 0.2) is 34.1 Å². The van der Waals surface area contributed by atoms with Crippen LogP contribution in [0.2, 0.25) is 0 Å². The van der Waals surface area contributed by atoms with Crippen LogP contribution in [0.3, 0.4) is 0 Å². The zero-order chi connectivity index (χ0) is 16.3. The zero-order valence-electron chi connectivity index (χ0n) is 12.9. The first kappa shape index (κ1) is 16.4. The summed E-state index contributed by atoms with van der Waals surface area (Å²) < 4.78 is 15.5. The third-order valence-electron chi connectivity index (χ3n) is 3.25. The van der Waals surface area contributed by atoms with E-state index in [2.05, 4.69) is 5.32 Å². The summed E-state index contributed by atoms with van der Waals surface area (Å²) in [5, 5.41) is 3.67. The predicted molar refractivity (Wildman–Crippen MR) is 91.6 cm³/mol. The maximum Gasteiger partial charge on any atom is 0.253 e. The van der Waals surface area contributed by atoms with E-state index in [-0.39, 0.29) is 11.4 Å². The highest BCUT2D eigenvalue weighted by molar-refractivity contribution is 7.99. The highest BCUT2D eigenvalue weighted by atomic mass is 32.2. The van der Waals surface area contributed by atoms with Gasteiger partial charge in [0.2, 0.25) is 0 Å². The molecule has 1 aliphatic heterocycles. The number of nitrogens with zero attached hydrogens (tertiary/aromatic N) is 1. The van der Waals surface area contributed by atoms with Crippen molar-refractivity contribution in [2.24, 2.45) is 0 Å². The van der Waals surface area contributed by atoms with Crippen LogP contribution in [-0.4, -0.2) is 10.3 Å². The second kappa shape index (κ2) is 6.87. The lowest BCUT2D eigenvalue weighted by molar-refractivity contribution is 0.630. The van der Waals surface area contributed by atoms with Crippen molar-refractivity contribution in [3.8, 4) is 0 Å². The maximum absolute atomic E-state index is 13.9. The number of nitrogens with one attached hydrogen (secondary N) is 1. The molecule has 0 saturated heterocycles. The van der Waals surface area contributed by atoms with Crippen molar-refractivity contribution in [2.75, 3.05) is 16.8 Å². The van der Waals surface area contributed by atoms with Gasteiger partial charge in [-0.3, -0.25) is 4.79 Å². The Balaban J connectivity index is 0.000000847. The molecule has 6 heteroatoms. The van der Waals surface area contributed by atoms with Crippen molar-refractivity contribution in [2.45, 2.75) is 32.3 Å². The standard InChI is InChI=1S/C14H14FN3OS.C2H6/c1-8-2-3-10(9(15)6-8)17-11-7-12(19)18-4-5-20-14(18)13(11)16;1-2/h2-3,6-7,17H,4-5,16H2,1H3;1-2H3. The second-order valence-corrected chi connectivity index (χ2v) is 5.81. The van der Waals surface area contributed by atoms with E-state index in [0.717, 1.165) is 16.3 Å². The molecule has 22 heavy (non-hydrogen) atoms. The molecule has 118 valence electrons. The molecule has 0 saturated carbocycles. The molecule has 0 amide bonds. The van der Waals surface area contributed by atoms with Crippen LogP contribution in [0.5, 0.6) is 0 Å². The Morgan fingerprint density at radius 2 is 2.00 bits per heavy atom. The van der Waals surface area contributed by atoms with Gasteiger partial charge in [0.15, 0.2) is 0 Å². The van der Waals surface area contributed by atoms with E-state index in [1.807, 2.05) is 20.8 Å². The topological polar surface area (TPSA) is 60.0 Å². The van der Waals surface area contributed by atoms with Crippen molar-refractivity contribution < 1.29 is 4.39 Å². The number of fused-ring (bicyclic) bond motifs is 1. The monoisotopic (exact) mass is 321 g/mol. The largest absolute Gasteiger partial charge is 0.395 e. The molecule has 2 heterocycles. The first-order valence-electron chi connectivity index (χ1n) is 7.25. The van der Waals surface area contributed by atoms with E-state index in [0.29, 0.717) is 23.6 Å². The third-order valence-corrected chi connectivity index (χ3v) is 4.35. The minimum absolute atomic E-state index is 0.116. The quantitative estimate of drug-likeness (QED) is 0.884. The summed E-state index contributed by atoms with van der Waals surface area (Å²) in [4.78, 5) is 12.0. The molecule has 0 radical (unpaired) electrons. The van der Waals surface area contributed by atoms with E-state index in [1.54, 1.807) is 28.5 Å². The molecule has 0 spiro atoms. The molecule has 1 aromatic carbocycles. The van der Waals surface area contributed by atoms with E-state index in [4.69, 9.17) is 5.73 Å². The van der Waals surface area contributed by atoms with Crippen molar-refractivity contribution in [1.29, 1.82) is 0 Å². The lowest BCUT2D eigenvalue weighted by atomic mass is 10.2. The molecular formula is C16H20FN3OS. The van der Waals surface area contributed by atoms with Crippen LogP contribution in [0.4, 0.5) is 21.5 Å². The lowest BCUT2D eigenvalue weighted by Gasteiger charge is -2.13. The lowest BCUT2D eigenvalue weighted by Crippen LogP contribution is -2.20. The number of hydrogen-bond acceptors (Lipinski definition) is 4.